The zero-order valence-corrected chi connectivity index (χ0v) is 12.7. The van der Waals surface area contributed by atoms with Gasteiger partial charge in [0.15, 0.2) is 12.4 Å². The van der Waals surface area contributed by atoms with Gasteiger partial charge in [0.25, 0.3) is 0 Å². The molecule has 1 heterocycles. The number of phenolic OH excluding ortho intramolecular Hbond substituents is 1. The van der Waals surface area contributed by atoms with Crippen molar-refractivity contribution < 1.29 is 24.5 Å². The predicted molar refractivity (Wildman–Crippen MR) is 79.0 cm³/mol. The number of H-pyrrole nitrogens is 1. The van der Waals surface area contributed by atoms with Crippen molar-refractivity contribution in [2.45, 2.75) is 0 Å². The van der Waals surface area contributed by atoms with E-state index in [-0.39, 0.29) is 6.54 Å². The summed E-state index contributed by atoms with van der Waals surface area (Å²) in [6.07, 6.45) is 3.75. The normalized spacial score (nSPS) is 9.48. The lowest BCUT2D eigenvalue weighted by Gasteiger charge is -2.23. The van der Waals surface area contributed by atoms with Crippen molar-refractivity contribution >= 4 is 5.97 Å². The molecule has 0 amide bonds. The molecule has 0 fully saturated rings. The van der Waals surface area contributed by atoms with Gasteiger partial charge in [-0.3, -0.25) is 0 Å². The molecule has 2 N–H and O–H groups in total. The number of aromatic amines is 1. The minimum absolute atomic E-state index is 0.0694. The van der Waals surface area contributed by atoms with Crippen LogP contribution in [0.5, 0.6) is 5.75 Å². The summed E-state index contributed by atoms with van der Waals surface area (Å²) in [5.41, 5.74) is 0. The Kier molecular flexibility index (Phi) is 9.21. The number of benzene rings is 1. The molecule has 0 spiro atoms. The number of carboxylic acids is 1. The lowest BCUT2D eigenvalue weighted by molar-refractivity contribution is -0.864. The number of carboxylic acid groups (broad SMARTS) is 1. The number of phenols is 1. The molecule has 0 aliphatic rings. The van der Waals surface area contributed by atoms with Gasteiger partial charge in [-0.1, -0.05) is 24.3 Å². The Morgan fingerprint density at radius 2 is 1.52 bits per heavy atom. The fourth-order valence-electron chi connectivity index (χ4n) is 1.16. The largest absolute Gasteiger partial charge is 0.544 e. The lowest BCUT2D eigenvalue weighted by atomic mass is 10.3. The third-order valence-electron chi connectivity index (χ3n) is 1.97. The molecule has 5 nitrogen and oxygen atoms in total. The number of rotatable bonds is 2. The van der Waals surface area contributed by atoms with Crippen molar-refractivity contribution in [3.05, 3.63) is 60.9 Å². The molecule has 0 saturated carbocycles. The SMILES string of the molecule is C[N+](C)(C)CC(=O)[O-].Oc1ccccc1.c1cc[nH+]cc1. The number of nitrogens with zero attached hydrogens (tertiary/aromatic N) is 1. The summed E-state index contributed by atoms with van der Waals surface area (Å²) in [6.45, 7) is 0.0694. The van der Waals surface area contributed by atoms with Crippen molar-refractivity contribution in [1.29, 1.82) is 0 Å². The Balaban J connectivity index is 0.000000288. The first kappa shape index (κ1) is 18.6. The molecule has 21 heavy (non-hydrogen) atoms. The minimum Gasteiger partial charge on any atom is -0.544 e. The van der Waals surface area contributed by atoms with Crippen LogP contribution in [-0.4, -0.2) is 43.2 Å². The molecule has 0 saturated heterocycles. The summed E-state index contributed by atoms with van der Waals surface area (Å²) in [5, 5.41) is 18.5. The molecule has 114 valence electrons. The van der Waals surface area contributed by atoms with Crippen LogP contribution in [-0.2, 0) is 4.79 Å². The molecular weight excluding hydrogens is 268 g/mol. The molecule has 0 radical (unpaired) electrons. The number of para-hydroxylation sites is 1. The van der Waals surface area contributed by atoms with E-state index in [2.05, 4.69) is 4.98 Å². The Labute approximate surface area is 125 Å². The number of aromatic nitrogens is 1. The summed E-state index contributed by atoms with van der Waals surface area (Å²) in [5.74, 6) is -0.681. The highest BCUT2D eigenvalue weighted by atomic mass is 16.4. The minimum atomic E-state index is -1.00. The van der Waals surface area contributed by atoms with Crippen LogP contribution < -0.4 is 10.1 Å². The molecule has 1 aromatic heterocycles. The summed E-state index contributed by atoms with van der Waals surface area (Å²) in [7, 11) is 5.40. The third kappa shape index (κ3) is 15.5. The highest BCUT2D eigenvalue weighted by Gasteiger charge is 2.04. The topological polar surface area (TPSA) is 74.5 Å². The summed E-state index contributed by atoms with van der Waals surface area (Å²) in [6, 6.07) is 14.6. The highest BCUT2D eigenvalue weighted by molar-refractivity contribution is 5.65. The maximum absolute atomic E-state index is 9.89. The van der Waals surface area contributed by atoms with E-state index in [1.165, 1.54) is 0 Å². The van der Waals surface area contributed by atoms with Gasteiger partial charge in [-0.15, -0.1) is 0 Å². The first-order valence-corrected chi connectivity index (χ1v) is 6.46. The van der Waals surface area contributed by atoms with E-state index in [1.807, 2.05) is 36.7 Å². The molecule has 0 aliphatic heterocycles. The quantitative estimate of drug-likeness (QED) is 0.811. The van der Waals surface area contributed by atoms with Crippen molar-refractivity contribution in [3.63, 3.8) is 0 Å². The molecule has 0 bridgehead atoms. The summed E-state index contributed by atoms with van der Waals surface area (Å²) >= 11 is 0. The number of carbonyl (C=O) groups is 1. The van der Waals surface area contributed by atoms with Crippen LogP contribution >= 0.6 is 0 Å². The number of carbonyl (C=O) groups excluding carboxylic acids is 1. The van der Waals surface area contributed by atoms with Crippen molar-refractivity contribution in [2.75, 3.05) is 27.7 Å². The average molecular weight is 291 g/mol. The monoisotopic (exact) mass is 291 g/mol. The van der Waals surface area contributed by atoms with Crippen LogP contribution in [0.4, 0.5) is 0 Å². The molecule has 2 rings (SSSR count). The average Bonchev–Trinajstić information content (AvgIpc) is 2.40. The third-order valence-corrected chi connectivity index (χ3v) is 1.97. The number of aliphatic carboxylic acids is 1. The molecular formula is C16H23N2O3+. The fourth-order valence-corrected chi connectivity index (χ4v) is 1.16. The number of likely N-dealkylation sites (N-methyl/N-ethyl adjacent to an activating group) is 1. The summed E-state index contributed by atoms with van der Waals surface area (Å²) < 4.78 is 0.419. The number of quaternary nitrogens is 1. The first-order chi connectivity index (χ1) is 9.81. The second kappa shape index (κ2) is 10.4. The number of nitrogens with one attached hydrogen (secondary N) is 1. The molecule has 5 heteroatoms. The van der Waals surface area contributed by atoms with Gasteiger partial charge in [0.2, 0.25) is 0 Å². The van der Waals surface area contributed by atoms with E-state index in [0.717, 1.165) is 0 Å². The van der Waals surface area contributed by atoms with Crippen LogP contribution in [0.1, 0.15) is 0 Å². The van der Waals surface area contributed by atoms with Crippen molar-refractivity contribution in [1.82, 2.24) is 0 Å². The molecule has 2 aromatic rings. The summed E-state index contributed by atoms with van der Waals surface area (Å²) in [4.78, 5) is 12.8. The van der Waals surface area contributed by atoms with Gasteiger partial charge in [0, 0.05) is 12.1 Å². The van der Waals surface area contributed by atoms with Crippen LogP contribution in [0.3, 0.4) is 0 Å². The van der Waals surface area contributed by atoms with Crippen LogP contribution in [0.15, 0.2) is 60.9 Å². The molecule has 0 atom stereocenters. The lowest BCUT2D eigenvalue weighted by Crippen LogP contribution is -2.45. The molecule has 0 aliphatic carbocycles. The van der Waals surface area contributed by atoms with Crippen molar-refractivity contribution in [2.24, 2.45) is 0 Å². The van der Waals surface area contributed by atoms with Crippen LogP contribution in [0, 0.1) is 0 Å². The number of hydrogen-bond donors (Lipinski definition) is 1. The van der Waals surface area contributed by atoms with Gasteiger partial charge >= 0.3 is 0 Å². The van der Waals surface area contributed by atoms with Gasteiger partial charge in [-0.25, -0.2) is 4.98 Å². The maximum Gasteiger partial charge on any atom is 0.166 e. The van der Waals surface area contributed by atoms with E-state index in [9.17, 15) is 9.90 Å². The van der Waals surface area contributed by atoms with Crippen molar-refractivity contribution in [3.8, 4) is 5.75 Å². The van der Waals surface area contributed by atoms with Gasteiger partial charge in [0.05, 0.1) is 27.1 Å². The van der Waals surface area contributed by atoms with Gasteiger partial charge < -0.3 is 19.5 Å². The Bertz CT molecular complexity index is 455. The van der Waals surface area contributed by atoms with E-state index in [4.69, 9.17) is 5.11 Å². The second-order valence-corrected chi connectivity index (χ2v) is 5.23. The Morgan fingerprint density at radius 1 is 1.05 bits per heavy atom. The van der Waals surface area contributed by atoms with E-state index in [0.29, 0.717) is 10.2 Å². The van der Waals surface area contributed by atoms with E-state index >= 15 is 0 Å². The second-order valence-electron chi connectivity index (χ2n) is 5.23. The highest BCUT2D eigenvalue weighted by Crippen LogP contribution is 2.02. The predicted octanol–water partition coefficient (Wildman–Crippen LogP) is 0.335. The van der Waals surface area contributed by atoms with E-state index in [1.54, 1.807) is 45.4 Å². The first-order valence-electron chi connectivity index (χ1n) is 6.46. The standard InChI is InChI=1S/C6H6O.C5H11NO2.C5H5N/c7-6-4-2-1-3-5-6;1-6(2,3)4-5(7)8;1-2-4-6-5-3-1/h1-5,7H;4H2,1-3H3;1-5H/p+1. The van der Waals surface area contributed by atoms with E-state index < -0.39 is 5.97 Å². The Morgan fingerprint density at radius 3 is 1.67 bits per heavy atom. The smallest absolute Gasteiger partial charge is 0.166 e. The number of pyridine rings is 1. The number of hydrogen-bond acceptors (Lipinski definition) is 3. The van der Waals surface area contributed by atoms with Gasteiger partial charge in [-0.05, 0) is 12.1 Å². The molecule has 1 aromatic carbocycles. The maximum atomic E-state index is 9.89. The van der Waals surface area contributed by atoms with Gasteiger partial charge in [0.1, 0.15) is 12.3 Å². The zero-order chi connectivity index (χ0) is 16.1. The molecule has 0 unspecified atom stereocenters. The fraction of sp³-hybridized carbons (Fsp3) is 0.250. The van der Waals surface area contributed by atoms with Gasteiger partial charge in [-0.2, -0.15) is 0 Å². The zero-order valence-electron chi connectivity index (χ0n) is 12.7. The number of aromatic hydroxyl groups is 1. The Hall–Kier alpha value is -2.40. The van der Waals surface area contributed by atoms with Crippen LogP contribution in [0.2, 0.25) is 0 Å². The van der Waals surface area contributed by atoms with Crippen LogP contribution in [0.25, 0.3) is 0 Å².